The summed E-state index contributed by atoms with van der Waals surface area (Å²) >= 11 is 0. The first-order valence-corrected chi connectivity index (χ1v) is 8.14. The summed E-state index contributed by atoms with van der Waals surface area (Å²) in [4.78, 5) is 14.7. The average Bonchev–Trinajstić information content (AvgIpc) is 3.19. The van der Waals surface area contributed by atoms with Gasteiger partial charge >= 0.3 is 0 Å². The zero-order valence-electron chi connectivity index (χ0n) is 15.2. The predicted molar refractivity (Wildman–Crippen MR) is 92.8 cm³/mol. The number of carbonyl (C=O) groups excluding carboxylic acids is 1. The number of nitrogens with zero attached hydrogens (tertiary/aromatic N) is 6. The Labute approximate surface area is 146 Å². The van der Waals surface area contributed by atoms with Crippen LogP contribution in [0.3, 0.4) is 0 Å². The quantitative estimate of drug-likeness (QED) is 0.765. The van der Waals surface area contributed by atoms with Crippen LogP contribution >= 0.6 is 0 Å². The van der Waals surface area contributed by atoms with E-state index in [-0.39, 0.29) is 5.91 Å². The Balaban J connectivity index is 1.89. The Hall–Kier alpha value is -2.90. The highest BCUT2D eigenvalue weighted by Gasteiger charge is 2.21. The van der Waals surface area contributed by atoms with Crippen LogP contribution in [-0.4, -0.2) is 40.6 Å². The molecule has 3 aromatic heterocycles. The molecule has 25 heavy (non-hydrogen) atoms. The molecule has 8 nitrogen and oxygen atoms in total. The van der Waals surface area contributed by atoms with Crippen LogP contribution in [0.1, 0.15) is 39.0 Å². The number of aromatic amines is 1. The van der Waals surface area contributed by atoms with E-state index >= 15 is 0 Å². The third-order valence-corrected chi connectivity index (χ3v) is 4.18. The molecule has 0 atom stereocenters. The Morgan fingerprint density at radius 3 is 2.36 bits per heavy atom. The number of H-pyrrole nitrogens is 1. The largest absolute Gasteiger partial charge is 0.325 e. The minimum atomic E-state index is -0.133. The summed E-state index contributed by atoms with van der Waals surface area (Å²) in [7, 11) is 3.78. The van der Waals surface area contributed by atoms with Gasteiger partial charge < -0.3 is 4.90 Å². The van der Waals surface area contributed by atoms with Gasteiger partial charge in [0.1, 0.15) is 5.69 Å². The molecule has 0 radical (unpaired) electrons. The van der Waals surface area contributed by atoms with E-state index in [1.165, 1.54) is 0 Å². The number of rotatable bonds is 5. The maximum Gasteiger partial charge on any atom is 0.275 e. The molecule has 0 unspecified atom stereocenters. The van der Waals surface area contributed by atoms with Crippen LogP contribution in [0.4, 0.5) is 0 Å². The van der Waals surface area contributed by atoms with E-state index in [0.717, 1.165) is 28.5 Å². The van der Waals surface area contributed by atoms with Crippen LogP contribution in [0.25, 0.3) is 0 Å². The lowest BCUT2D eigenvalue weighted by Crippen LogP contribution is -2.31. The van der Waals surface area contributed by atoms with Crippen LogP contribution < -0.4 is 0 Å². The maximum absolute atomic E-state index is 13.0. The van der Waals surface area contributed by atoms with Gasteiger partial charge in [0.2, 0.25) is 0 Å². The topological polar surface area (TPSA) is 84.6 Å². The molecule has 0 spiro atoms. The zero-order valence-corrected chi connectivity index (χ0v) is 15.2. The average molecular weight is 341 g/mol. The van der Waals surface area contributed by atoms with E-state index in [1.54, 1.807) is 15.6 Å². The van der Waals surface area contributed by atoms with E-state index in [4.69, 9.17) is 0 Å². The molecule has 3 aromatic rings. The highest BCUT2D eigenvalue weighted by atomic mass is 16.2. The molecule has 0 aliphatic heterocycles. The first kappa shape index (κ1) is 16.9. The molecular weight excluding hydrogens is 318 g/mol. The number of amides is 1. The maximum atomic E-state index is 13.0. The standard InChI is InChI=1S/C17H23N7O/c1-11-7-16(19-18-11)17(25)24(9-14-8-13(3)22(4)21-14)10-15-6-12(2)20-23(15)5/h6-8H,9-10H2,1-5H3,(H,18,19). The van der Waals surface area contributed by atoms with E-state index in [0.29, 0.717) is 18.8 Å². The van der Waals surface area contributed by atoms with Crippen molar-refractivity contribution in [1.82, 2.24) is 34.7 Å². The van der Waals surface area contributed by atoms with Crippen molar-refractivity contribution in [2.75, 3.05) is 0 Å². The second kappa shape index (κ2) is 6.54. The summed E-state index contributed by atoms with van der Waals surface area (Å²) in [5.74, 6) is -0.133. The first-order valence-electron chi connectivity index (χ1n) is 8.14. The first-order chi connectivity index (χ1) is 11.8. The molecule has 1 N–H and O–H groups in total. The van der Waals surface area contributed by atoms with Gasteiger partial charge in [-0.05, 0) is 39.0 Å². The summed E-state index contributed by atoms with van der Waals surface area (Å²) in [5.41, 5.74) is 5.05. The van der Waals surface area contributed by atoms with Crippen LogP contribution in [0.2, 0.25) is 0 Å². The van der Waals surface area contributed by atoms with Crippen molar-refractivity contribution in [3.8, 4) is 0 Å². The van der Waals surface area contributed by atoms with Crippen molar-refractivity contribution < 1.29 is 4.79 Å². The van der Waals surface area contributed by atoms with Crippen LogP contribution in [0.5, 0.6) is 0 Å². The molecule has 0 fully saturated rings. The van der Waals surface area contributed by atoms with Crippen molar-refractivity contribution in [3.05, 3.63) is 52.4 Å². The molecule has 0 aliphatic carbocycles. The number of carbonyl (C=O) groups is 1. The molecule has 0 bridgehead atoms. The minimum absolute atomic E-state index is 0.133. The number of hydrogen-bond acceptors (Lipinski definition) is 4. The van der Waals surface area contributed by atoms with E-state index < -0.39 is 0 Å². The highest BCUT2D eigenvalue weighted by Crippen LogP contribution is 2.14. The Morgan fingerprint density at radius 1 is 1.08 bits per heavy atom. The van der Waals surface area contributed by atoms with Gasteiger partial charge in [-0.15, -0.1) is 0 Å². The Kier molecular flexibility index (Phi) is 4.43. The predicted octanol–water partition coefficient (Wildman–Crippen LogP) is 1.64. The Morgan fingerprint density at radius 2 is 1.84 bits per heavy atom. The molecule has 3 rings (SSSR count). The van der Waals surface area contributed by atoms with Gasteiger partial charge in [0, 0.05) is 25.5 Å². The molecule has 0 aromatic carbocycles. The molecule has 132 valence electrons. The normalized spacial score (nSPS) is 11.1. The molecule has 0 saturated heterocycles. The lowest BCUT2D eigenvalue weighted by Gasteiger charge is -2.20. The molecular formula is C17H23N7O. The molecule has 0 saturated carbocycles. The summed E-state index contributed by atoms with van der Waals surface area (Å²) in [6.45, 7) is 6.66. The monoisotopic (exact) mass is 341 g/mol. The van der Waals surface area contributed by atoms with Crippen molar-refractivity contribution in [1.29, 1.82) is 0 Å². The van der Waals surface area contributed by atoms with E-state index in [2.05, 4.69) is 20.4 Å². The summed E-state index contributed by atoms with van der Waals surface area (Å²) in [6, 6.07) is 5.73. The van der Waals surface area contributed by atoms with Gasteiger partial charge in [0.15, 0.2) is 0 Å². The zero-order chi connectivity index (χ0) is 18.1. The SMILES string of the molecule is Cc1cc(CN(Cc2cc(C)n(C)n2)C(=O)c2cc(C)[nH]n2)n(C)n1. The highest BCUT2D eigenvalue weighted by molar-refractivity contribution is 5.92. The number of nitrogens with one attached hydrogen (secondary N) is 1. The third kappa shape index (κ3) is 3.62. The van der Waals surface area contributed by atoms with Gasteiger partial charge in [-0.3, -0.25) is 19.3 Å². The fraction of sp³-hybridized carbons (Fsp3) is 0.412. The van der Waals surface area contributed by atoms with Gasteiger partial charge in [0.25, 0.3) is 5.91 Å². The fourth-order valence-electron chi connectivity index (χ4n) is 2.80. The van der Waals surface area contributed by atoms with Crippen LogP contribution in [-0.2, 0) is 27.2 Å². The summed E-state index contributed by atoms with van der Waals surface area (Å²) in [5, 5.41) is 15.8. The number of hydrogen-bond donors (Lipinski definition) is 1. The summed E-state index contributed by atoms with van der Waals surface area (Å²) in [6.07, 6.45) is 0. The van der Waals surface area contributed by atoms with Gasteiger partial charge in [-0.1, -0.05) is 0 Å². The lowest BCUT2D eigenvalue weighted by atomic mass is 10.2. The van der Waals surface area contributed by atoms with Crippen LogP contribution in [0, 0.1) is 20.8 Å². The second-order valence-electron chi connectivity index (χ2n) is 6.40. The van der Waals surface area contributed by atoms with E-state index in [1.807, 2.05) is 51.7 Å². The van der Waals surface area contributed by atoms with Crippen molar-refractivity contribution >= 4 is 5.91 Å². The van der Waals surface area contributed by atoms with Crippen molar-refractivity contribution in [2.24, 2.45) is 14.1 Å². The molecule has 1 amide bonds. The van der Waals surface area contributed by atoms with Gasteiger partial charge in [-0.25, -0.2) is 0 Å². The summed E-state index contributed by atoms with van der Waals surface area (Å²) < 4.78 is 3.61. The number of aryl methyl sites for hydroxylation is 5. The fourth-order valence-corrected chi connectivity index (χ4v) is 2.80. The van der Waals surface area contributed by atoms with Crippen LogP contribution in [0.15, 0.2) is 18.2 Å². The number of aromatic nitrogens is 6. The van der Waals surface area contributed by atoms with Gasteiger partial charge in [0.05, 0.1) is 30.2 Å². The van der Waals surface area contributed by atoms with Crippen molar-refractivity contribution in [2.45, 2.75) is 33.9 Å². The van der Waals surface area contributed by atoms with E-state index in [9.17, 15) is 4.79 Å². The third-order valence-electron chi connectivity index (χ3n) is 4.18. The minimum Gasteiger partial charge on any atom is -0.325 e. The molecule has 0 aliphatic rings. The smallest absolute Gasteiger partial charge is 0.275 e. The Bertz CT molecular complexity index is 883. The molecule has 3 heterocycles. The molecule has 8 heteroatoms. The lowest BCUT2D eigenvalue weighted by molar-refractivity contribution is 0.0717. The van der Waals surface area contributed by atoms with Crippen molar-refractivity contribution in [3.63, 3.8) is 0 Å². The van der Waals surface area contributed by atoms with Gasteiger partial charge in [-0.2, -0.15) is 15.3 Å². The second-order valence-corrected chi connectivity index (χ2v) is 6.40.